The normalized spacial score (nSPS) is 18.0. The lowest BCUT2D eigenvalue weighted by Crippen LogP contribution is -2.49. The van der Waals surface area contributed by atoms with E-state index in [1.54, 1.807) is 10.7 Å². The molecule has 1 fully saturated rings. The Balaban J connectivity index is 1.33. The van der Waals surface area contributed by atoms with Crippen LogP contribution in [0.4, 0.5) is 5.13 Å². The van der Waals surface area contributed by atoms with Crippen LogP contribution in [-0.2, 0) is 25.9 Å². The molecule has 0 radical (unpaired) electrons. The molecule has 0 bridgehead atoms. The van der Waals surface area contributed by atoms with Crippen molar-refractivity contribution >= 4 is 16.7 Å². The van der Waals surface area contributed by atoms with E-state index in [2.05, 4.69) is 19.4 Å². The second kappa shape index (κ2) is 6.84. The summed E-state index contributed by atoms with van der Waals surface area (Å²) in [6.45, 7) is 3.45. The Bertz CT molecular complexity index is 808. The van der Waals surface area contributed by atoms with Gasteiger partial charge in [0.2, 0.25) is 5.13 Å². The summed E-state index contributed by atoms with van der Waals surface area (Å²) in [5.41, 5.74) is 2.34. The predicted octanol–water partition coefficient (Wildman–Crippen LogP) is 1.17. The van der Waals surface area contributed by atoms with E-state index in [0.29, 0.717) is 5.92 Å². The van der Waals surface area contributed by atoms with E-state index in [4.69, 9.17) is 0 Å². The van der Waals surface area contributed by atoms with Crippen LogP contribution in [-0.4, -0.2) is 51.2 Å². The number of hydrogen-bond donors (Lipinski definition) is 0. The minimum absolute atomic E-state index is 0.0518. The van der Waals surface area contributed by atoms with Crippen molar-refractivity contribution in [2.24, 2.45) is 5.92 Å². The zero-order valence-electron chi connectivity index (χ0n) is 14.8. The molecule has 1 saturated heterocycles. The molecule has 0 amide bonds. The first-order chi connectivity index (χ1) is 12.1. The van der Waals surface area contributed by atoms with Gasteiger partial charge in [-0.25, -0.2) is 9.67 Å². The van der Waals surface area contributed by atoms with Crippen LogP contribution in [0.2, 0.25) is 0 Å². The van der Waals surface area contributed by atoms with Gasteiger partial charge in [0.15, 0.2) is 5.82 Å². The molecule has 0 N–H and O–H groups in total. The summed E-state index contributed by atoms with van der Waals surface area (Å²) in [5.74, 6) is 1.37. The average molecular weight is 360 g/mol. The molecule has 0 aromatic carbocycles. The van der Waals surface area contributed by atoms with Crippen LogP contribution in [0.1, 0.15) is 29.9 Å². The molecule has 134 valence electrons. The van der Waals surface area contributed by atoms with Crippen LogP contribution < -0.4 is 10.5 Å². The minimum atomic E-state index is 0.0518. The van der Waals surface area contributed by atoms with Gasteiger partial charge in [-0.3, -0.25) is 9.69 Å². The highest BCUT2D eigenvalue weighted by Crippen LogP contribution is 2.22. The summed E-state index contributed by atoms with van der Waals surface area (Å²) in [7, 11) is 3.96. The van der Waals surface area contributed by atoms with Crippen LogP contribution in [0, 0.1) is 5.92 Å². The Kier molecular flexibility index (Phi) is 4.56. The molecular formula is C17H24N6OS. The maximum atomic E-state index is 12.3. The van der Waals surface area contributed by atoms with Crippen LogP contribution in [0.15, 0.2) is 10.9 Å². The zero-order valence-corrected chi connectivity index (χ0v) is 15.6. The van der Waals surface area contributed by atoms with E-state index < -0.39 is 0 Å². The van der Waals surface area contributed by atoms with Gasteiger partial charge in [0.25, 0.3) is 5.56 Å². The smallest absolute Gasteiger partial charge is 0.267 e. The van der Waals surface area contributed by atoms with Crippen LogP contribution in [0.25, 0.3) is 0 Å². The predicted molar refractivity (Wildman–Crippen MR) is 98.1 cm³/mol. The van der Waals surface area contributed by atoms with Crippen LogP contribution >= 0.6 is 11.5 Å². The van der Waals surface area contributed by atoms with Crippen molar-refractivity contribution in [1.29, 1.82) is 0 Å². The molecule has 0 unspecified atom stereocenters. The van der Waals surface area contributed by atoms with Gasteiger partial charge in [-0.05, 0) is 31.2 Å². The highest BCUT2D eigenvalue weighted by Gasteiger charge is 2.29. The Hall–Kier alpha value is -1.80. The molecule has 2 aliphatic rings. The van der Waals surface area contributed by atoms with Crippen LogP contribution in [0.3, 0.4) is 0 Å². The average Bonchev–Trinajstić information content (AvgIpc) is 3.02. The molecule has 0 spiro atoms. The van der Waals surface area contributed by atoms with Gasteiger partial charge in [0, 0.05) is 50.7 Å². The van der Waals surface area contributed by atoms with Gasteiger partial charge in [0.05, 0.1) is 18.8 Å². The second-order valence-electron chi connectivity index (χ2n) is 7.29. The standard InChI is InChI=1S/C17H24N6OS/c1-21(2)17-18-15(20-25-17)11-22-8-12(9-22)10-23-16(24)7-13-5-3-4-6-14(13)19-23/h7,12H,3-6,8-11H2,1-2H3. The van der Waals surface area contributed by atoms with Crippen molar-refractivity contribution in [2.45, 2.75) is 38.8 Å². The summed E-state index contributed by atoms with van der Waals surface area (Å²) in [5, 5.41) is 5.57. The molecule has 7 nitrogen and oxygen atoms in total. The monoisotopic (exact) mass is 360 g/mol. The first kappa shape index (κ1) is 16.7. The molecule has 1 aliphatic carbocycles. The summed E-state index contributed by atoms with van der Waals surface area (Å²) in [4.78, 5) is 21.1. The highest BCUT2D eigenvalue weighted by atomic mass is 32.1. The lowest BCUT2D eigenvalue weighted by molar-refractivity contribution is 0.0742. The summed E-state index contributed by atoms with van der Waals surface area (Å²) in [6, 6.07) is 1.81. The molecule has 0 atom stereocenters. The van der Waals surface area contributed by atoms with Gasteiger partial charge >= 0.3 is 0 Å². The third-order valence-electron chi connectivity index (χ3n) is 4.94. The molecular weight excluding hydrogens is 336 g/mol. The van der Waals surface area contributed by atoms with Gasteiger partial charge < -0.3 is 4.90 Å². The van der Waals surface area contributed by atoms with E-state index in [1.807, 2.05) is 19.0 Å². The minimum Gasteiger partial charge on any atom is -0.353 e. The Morgan fingerprint density at radius 1 is 1.28 bits per heavy atom. The number of fused-ring (bicyclic) bond motifs is 1. The molecule has 3 heterocycles. The fourth-order valence-electron chi connectivity index (χ4n) is 3.59. The Morgan fingerprint density at radius 3 is 2.84 bits per heavy atom. The summed E-state index contributed by atoms with van der Waals surface area (Å²) >= 11 is 1.44. The fourth-order valence-corrected chi connectivity index (χ4v) is 4.18. The van der Waals surface area contributed by atoms with Crippen LogP contribution in [0.5, 0.6) is 0 Å². The number of hydrogen-bond acceptors (Lipinski definition) is 7. The number of anilines is 1. The lowest BCUT2D eigenvalue weighted by Gasteiger charge is -2.38. The molecule has 2 aromatic rings. The first-order valence-corrected chi connectivity index (χ1v) is 9.68. The maximum Gasteiger partial charge on any atom is 0.267 e. The Morgan fingerprint density at radius 2 is 2.08 bits per heavy atom. The molecule has 8 heteroatoms. The SMILES string of the molecule is CN(C)c1nc(CN2CC(Cn3nc4c(cc3=O)CCCC4)C2)ns1. The number of aryl methyl sites for hydroxylation is 2. The fraction of sp³-hybridized carbons (Fsp3) is 0.647. The van der Waals surface area contributed by atoms with Crippen molar-refractivity contribution in [3.63, 3.8) is 0 Å². The van der Waals surface area contributed by atoms with Gasteiger partial charge in [-0.15, -0.1) is 0 Å². The molecule has 2 aromatic heterocycles. The summed E-state index contributed by atoms with van der Waals surface area (Å²) < 4.78 is 6.09. The van der Waals surface area contributed by atoms with Crippen molar-refractivity contribution < 1.29 is 0 Å². The van der Waals surface area contributed by atoms with E-state index >= 15 is 0 Å². The maximum absolute atomic E-state index is 12.3. The lowest BCUT2D eigenvalue weighted by atomic mass is 9.96. The molecule has 4 rings (SSSR count). The number of aromatic nitrogens is 4. The van der Waals surface area contributed by atoms with Gasteiger partial charge in [0.1, 0.15) is 0 Å². The second-order valence-corrected chi connectivity index (χ2v) is 8.02. The largest absolute Gasteiger partial charge is 0.353 e. The number of rotatable bonds is 5. The van der Waals surface area contributed by atoms with Crippen molar-refractivity contribution in [1.82, 2.24) is 24.0 Å². The quantitative estimate of drug-likeness (QED) is 0.797. The highest BCUT2D eigenvalue weighted by molar-refractivity contribution is 7.09. The Labute approximate surface area is 151 Å². The third kappa shape index (κ3) is 3.59. The van der Waals surface area contributed by atoms with Crippen molar-refractivity contribution in [2.75, 3.05) is 32.1 Å². The summed E-state index contributed by atoms with van der Waals surface area (Å²) in [6.07, 6.45) is 4.38. The van der Waals surface area contributed by atoms with E-state index in [9.17, 15) is 4.79 Å². The number of likely N-dealkylation sites (tertiary alicyclic amines) is 1. The number of nitrogens with zero attached hydrogens (tertiary/aromatic N) is 6. The van der Waals surface area contributed by atoms with Crippen molar-refractivity contribution in [3.05, 3.63) is 33.5 Å². The topological polar surface area (TPSA) is 67.2 Å². The zero-order chi connectivity index (χ0) is 17.4. The van der Waals surface area contributed by atoms with Gasteiger partial charge in [-0.1, -0.05) is 0 Å². The van der Waals surface area contributed by atoms with E-state index in [1.165, 1.54) is 24.4 Å². The molecule has 25 heavy (non-hydrogen) atoms. The van der Waals surface area contributed by atoms with E-state index in [0.717, 1.165) is 61.2 Å². The molecule has 1 aliphatic heterocycles. The third-order valence-corrected chi connectivity index (χ3v) is 5.86. The van der Waals surface area contributed by atoms with E-state index in [-0.39, 0.29) is 5.56 Å². The first-order valence-electron chi connectivity index (χ1n) is 8.90. The molecule has 0 saturated carbocycles. The van der Waals surface area contributed by atoms with Crippen molar-refractivity contribution in [3.8, 4) is 0 Å². The van der Waals surface area contributed by atoms with Gasteiger partial charge in [-0.2, -0.15) is 9.47 Å².